The van der Waals surface area contributed by atoms with Crippen molar-refractivity contribution in [2.45, 2.75) is 72.0 Å². The molecule has 0 saturated heterocycles. The third-order valence-corrected chi connectivity index (χ3v) is 5.26. The number of esters is 1. The van der Waals surface area contributed by atoms with Gasteiger partial charge in [-0.15, -0.1) is 0 Å². The van der Waals surface area contributed by atoms with E-state index >= 15 is 0 Å². The van der Waals surface area contributed by atoms with Gasteiger partial charge in [0, 0.05) is 12.8 Å². The fourth-order valence-corrected chi connectivity index (χ4v) is 4.12. The van der Waals surface area contributed by atoms with Crippen molar-refractivity contribution < 1.29 is 14.6 Å². The molecule has 0 aromatic carbocycles. The topological polar surface area (TPSA) is 46.5 Å². The van der Waals surface area contributed by atoms with Crippen molar-refractivity contribution in [2.24, 2.45) is 17.8 Å². The van der Waals surface area contributed by atoms with Crippen LogP contribution in [0.25, 0.3) is 0 Å². The summed E-state index contributed by atoms with van der Waals surface area (Å²) in [5.41, 5.74) is 1.98. The molecule has 0 heterocycles. The van der Waals surface area contributed by atoms with Gasteiger partial charge in [0.2, 0.25) is 0 Å². The number of hydrogen-bond acceptors (Lipinski definition) is 3. The molecular formula is C17H28O3. The maximum Gasteiger partial charge on any atom is 0.302 e. The van der Waals surface area contributed by atoms with Crippen molar-refractivity contribution in [2.75, 3.05) is 0 Å². The molecule has 0 aliphatic heterocycles. The zero-order chi connectivity index (χ0) is 15.1. The average molecular weight is 280 g/mol. The van der Waals surface area contributed by atoms with Crippen LogP contribution in [0.1, 0.15) is 60.3 Å². The number of fused-ring (bicyclic) bond motifs is 1. The van der Waals surface area contributed by atoms with Crippen LogP contribution >= 0.6 is 0 Å². The fourth-order valence-electron chi connectivity index (χ4n) is 4.12. The number of allylic oxidation sites excluding steroid dienone is 1. The average Bonchev–Trinajstić information content (AvgIpc) is 2.54. The van der Waals surface area contributed by atoms with Crippen LogP contribution in [0.2, 0.25) is 0 Å². The lowest BCUT2D eigenvalue weighted by atomic mass is 9.76. The summed E-state index contributed by atoms with van der Waals surface area (Å²) in [6.07, 6.45) is 3.62. The van der Waals surface area contributed by atoms with Gasteiger partial charge in [-0.25, -0.2) is 0 Å². The minimum atomic E-state index is -0.756. The van der Waals surface area contributed by atoms with E-state index in [1.54, 1.807) is 0 Å². The standard InChI is InChI=1S/C17H28O3/c1-10(2)13-7-6-11(3)14-8-9-17(5,19)15(14)16(13)20-12(4)18/h10,13,15-16,19H,6-9H2,1-5H3/t13-,15-,16+,17-/m0/s1. The molecular weight excluding hydrogens is 252 g/mol. The van der Waals surface area contributed by atoms with E-state index in [2.05, 4.69) is 20.8 Å². The number of carbonyl (C=O) groups is 1. The molecule has 3 heteroatoms. The molecule has 0 aromatic heterocycles. The fraction of sp³-hybridized carbons (Fsp3) is 0.824. The Morgan fingerprint density at radius 2 is 2.05 bits per heavy atom. The normalized spacial score (nSPS) is 37.9. The van der Waals surface area contributed by atoms with Crippen molar-refractivity contribution in [3.05, 3.63) is 11.1 Å². The first kappa shape index (κ1) is 15.6. The monoisotopic (exact) mass is 280 g/mol. The van der Waals surface area contributed by atoms with E-state index in [-0.39, 0.29) is 18.0 Å². The second-order valence-electron chi connectivity index (χ2n) is 7.16. The summed E-state index contributed by atoms with van der Waals surface area (Å²) >= 11 is 0. The first-order valence-electron chi connectivity index (χ1n) is 7.82. The summed E-state index contributed by atoms with van der Waals surface area (Å²) in [7, 11) is 0. The number of ether oxygens (including phenoxy) is 1. The Morgan fingerprint density at radius 1 is 1.40 bits per heavy atom. The van der Waals surface area contributed by atoms with Gasteiger partial charge < -0.3 is 9.84 Å². The summed E-state index contributed by atoms with van der Waals surface area (Å²) in [6.45, 7) is 9.92. The molecule has 0 aromatic rings. The summed E-state index contributed by atoms with van der Waals surface area (Å²) in [5, 5.41) is 10.8. The Morgan fingerprint density at radius 3 is 2.60 bits per heavy atom. The van der Waals surface area contributed by atoms with Crippen LogP contribution in [-0.2, 0) is 9.53 Å². The van der Waals surface area contributed by atoms with Crippen molar-refractivity contribution in [1.82, 2.24) is 0 Å². The number of aliphatic hydroxyl groups is 1. The van der Waals surface area contributed by atoms with Gasteiger partial charge in [0.05, 0.1) is 5.60 Å². The molecule has 2 rings (SSSR count). The van der Waals surface area contributed by atoms with Crippen LogP contribution in [0.4, 0.5) is 0 Å². The first-order chi connectivity index (χ1) is 9.24. The Balaban J connectivity index is 2.44. The van der Waals surface area contributed by atoms with E-state index in [4.69, 9.17) is 4.74 Å². The number of rotatable bonds is 2. The third kappa shape index (κ3) is 2.78. The van der Waals surface area contributed by atoms with E-state index < -0.39 is 5.60 Å². The molecule has 114 valence electrons. The van der Waals surface area contributed by atoms with Gasteiger partial charge in [-0.2, -0.15) is 0 Å². The molecule has 1 fully saturated rings. The SMILES string of the molecule is CC(=O)O[C@@H]1[C@H](C(C)C)CCC(C)=C2CC[C@](C)(O)[C@@H]21. The highest BCUT2D eigenvalue weighted by Gasteiger charge is 2.50. The molecule has 0 bridgehead atoms. The largest absolute Gasteiger partial charge is 0.462 e. The Labute approximate surface area is 122 Å². The second kappa shape index (κ2) is 5.51. The Kier molecular flexibility index (Phi) is 4.29. The van der Waals surface area contributed by atoms with E-state index in [1.165, 1.54) is 18.1 Å². The van der Waals surface area contributed by atoms with E-state index in [1.807, 2.05) is 6.92 Å². The summed E-state index contributed by atoms with van der Waals surface area (Å²) in [6, 6.07) is 0. The lowest BCUT2D eigenvalue weighted by Crippen LogP contribution is -2.44. The number of carbonyl (C=O) groups excluding carboxylic acids is 1. The summed E-state index contributed by atoms with van der Waals surface area (Å²) in [4.78, 5) is 11.6. The maximum absolute atomic E-state index is 11.6. The van der Waals surface area contributed by atoms with E-state index in [9.17, 15) is 9.90 Å². The zero-order valence-corrected chi connectivity index (χ0v) is 13.4. The molecule has 4 atom stereocenters. The van der Waals surface area contributed by atoms with Gasteiger partial charge in [0.1, 0.15) is 6.10 Å². The number of hydrogen-bond donors (Lipinski definition) is 1. The van der Waals surface area contributed by atoms with Crippen LogP contribution < -0.4 is 0 Å². The molecule has 0 spiro atoms. The van der Waals surface area contributed by atoms with E-state index in [0.29, 0.717) is 11.8 Å². The van der Waals surface area contributed by atoms with Crippen LogP contribution in [0.5, 0.6) is 0 Å². The molecule has 0 unspecified atom stereocenters. The van der Waals surface area contributed by atoms with E-state index in [0.717, 1.165) is 25.7 Å². The van der Waals surface area contributed by atoms with Crippen molar-refractivity contribution in [3.63, 3.8) is 0 Å². The van der Waals surface area contributed by atoms with Gasteiger partial charge in [-0.3, -0.25) is 4.79 Å². The van der Waals surface area contributed by atoms with Crippen LogP contribution in [0, 0.1) is 17.8 Å². The predicted molar refractivity (Wildman–Crippen MR) is 79.2 cm³/mol. The highest BCUT2D eigenvalue weighted by Crippen LogP contribution is 2.50. The van der Waals surface area contributed by atoms with Gasteiger partial charge in [0.15, 0.2) is 0 Å². The summed E-state index contributed by atoms with van der Waals surface area (Å²) < 4.78 is 5.71. The van der Waals surface area contributed by atoms with Crippen LogP contribution in [0.15, 0.2) is 11.1 Å². The molecule has 0 radical (unpaired) electrons. The van der Waals surface area contributed by atoms with Crippen LogP contribution in [-0.4, -0.2) is 22.8 Å². The maximum atomic E-state index is 11.6. The second-order valence-corrected chi connectivity index (χ2v) is 7.16. The molecule has 0 amide bonds. The minimum Gasteiger partial charge on any atom is -0.462 e. The molecule has 2 aliphatic rings. The quantitative estimate of drug-likeness (QED) is 0.622. The third-order valence-electron chi connectivity index (χ3n) is 5.26. The minimum absolute atomic E-state index is 0.0266. The van der Waals surface area contributed by atoms with Crippen molar-refractivity contribution >= 4 is 5.97 Å². The molecule has 1 saturated carbocycles. The molecule has 3 nitrogen and oxygen atoms in total. The highest BCUT2D eigenvalue weighted by molar-refractivity contribution is 5.66. The lowest BCUT2D eigenvalue weighted by molar-refractivity contribution is -0.158. The van der Waals surface area contributed by atoms with Crippen LogP contribution in [0.3, 0.4) is 0 Å². The lowest BCUT2D eigenvalue weighted by Gasteiger charge is -2.38. The highest BCUT2D eigenvalue weighted by atomic mass is 16.5. The van der Waals surface area contributed by atoms with Gasteiger partial charge in [-0.1, -0.05) is 25.0 Å². The smallest absolute Gasteiger partial charge is 0.302 e. The first-order valence-corrected chi connectivity index (χ1v) is 7.82. The molecule has 2 aliphatic carbocycles. The summed E-state index contributed by atoms with van der Waals surface area (Å²) in [5.74, 6) is 0.507. The van der Waals surface area contributed by atoms with Gasteiger partial charge in [0.25, 0.3) is 0 Å². The van der Waals surface area contributed by atoms with Gasteiger partial charge in [-0.05, 0) is 51.4 Å². The predicted octanol–water partition coefficient (Wildman–Crippen LogP) is 3.46. The Hall–Kier alpha value is -0.830. The molecule has 20 heavy (non-hydrogen) atoms. The molecule has 1 N–H and O–H groups in total. The van der Waals surface area contributed by atoms with Gasteiger partial charge >= 0.3 is 5.97 Å². The van der Waals surface area contributed by atoms with Crippen molar-refractivity contribution in [3.8, 4) is 0 Å². The van der Waals surface area contributed by atoms with Crippen molar-refractivity contribution in [1.29, 1.82) is 0 Å². The Bertz CT molecular complexity index is 420. The zero-order valence-electron chi connectivity index (χ0n) is 13.4.